The molecular weight excluding hydrogens is 577 g/mol. The molecule has 4 aromatic carbocycles. The Bertz CT molecular complexity index is 1310. The minimum absolute atomic E-state index is 0.0766. The van der Waals surface area contributed by atoms with E-state index in [9.17, 15) is 0 Å². The summed E-state index contributed by atoms with van der Waals surface area (Å²) in [6.07, 6.45) is 10.5. The lowest BCUT2D eigenvalue weighted by Gasteiger charge is -2.26. The van der Waals surface area contributed by atoms with Crippen molar-refractivity contribution in [3.8, 4) is 11.5 Å². The largest absolute Gasteiger partial charge is 0.497 e. The lowest BCUT2D eigenvalue weighted by atomic mass is 9.98. The lowest BCUT2D eigenvalue weighted by molar-refractivity contribution is 0.282. The van der Waals surface area contributed by atoms with E-state index in [2.05, 4.69) is 84.9 Å². The van der Waals surface area contributed by atoms with E-state index in [1.54, 1.807) is 14.2 Å². The van der Waals surface area contributed by atoms with Gasteiger partial charge in [0, 0.05) is 13.2 Å². The van der Waals surface area contributed by atoms with E-state index in [1.807, 2.05) is 23.9 Å². The number of benzene rings is 4. The van der Waals surface area contributed by atoms with E-state index in [1.165, 1.54) is 33.4 Å². The van der Waals surface area contributed by atoms with E-state index in [0.29, 0.717) is 0 Å². The van der Waals surface area contributed by atoms with Crippen LogP contribution in [0.2, 0.25) is 0 Å². The lowest BCUT2D eigenvalue weighted by Crippen LogP contribution is -2.06. The van der Waals surface area contributed by atoms with Gasteiger partial charge >= 0.3 is 0 Å². The fourth-order valence-corrected chi connectivity index (χ4v) is 7.34. The molecule has 4 aromatic rings. The van der Waals surface area contributed by atoms with Crippen molar-refractivity contribution < 1.29 is 19.7 Å². The number of aryl methyl sites for hydroxylation is 2. The maximum Gasteiger partial charge on any atom is 0.119 e. The summed E-state index contributed by atoms with van der Waals surface area (Å²) in [6.45, 7) is 0.549. The standard InChI is InChI=1S/C40H50O4S/c1-43-37-23-13-21-35(29-37)39(33-19-11-17-31(27-33)15-7-3-5-9-25-41)45-40(36-22-14-24-38(30-36)44-2)34-20-12-18-32(28-34)16-8-4-6-10-26-42/h11-14,17-24,27-30,39-42H,3-10,15-16,25-26H2,1-2H3. The highest BCUT2D eigenvalue weighted by Gasteiger charge is 2.25. The van der Waals surface area contributed by atoms with Crippen LogP contribution in [0.3, 0.4) is 0 Å². The molecule has 2 atom stereocenters. The first-order valence-electron chi connectivity index (χ1n) is 16.5. The van der Waals surface area contributed by atoms with Crippen molar-refractivity contribution >= 4 is 11.8 Å². The summed E-state index contributed by atoms with van der Waals surface area (Å²) in [5, 5.41) is 18.4. The Labute approximate surface area is 274 Å². The molecule has 4 rings (SSSR count). The van der Waals surface area contributed by atoms with Gasteiger partial charge < -0.3 is 19.7 Å². The summed E-state index contributed by atoms with van der Waals surface area (Å²) < 4.78 is 11.3. The van der Waals surface area contributed by atoms with Gasteiger partial charge in [-0.3, -0.25) is 0 Å². The van der Waals surface area contributed by atoms with Crippen molar-refractivity contribution in [2.45, 2.75) is 74.7 Å². The number of thioether (sulfide) groups is 1. The number of rotatable bonds is 20. The number of hydrogen-bond acceptors (Lipinski definition) is 5. The molecule has 5 heteroatoms. The van der Waals surface area contributed by atoms with Gasteiger partial charge in [0.2, 0.25) is 0 Å². The van der Waals surface area contributed by atoms with Gasteiger partial charge in [-0.05, 0) is 96.2 Å². The second-order valence-electron chi connectivity index (χ2n) is 11.7. The van der Waals surface area contributed by atoms with Gasteiger partial charge in [-0.25, -0.2) is 0 Å². The van der Waals surface area contributed by atoms with Crippen LogP contribution in [0, 0.1) is 0 Å². The van der Waals surface area contributed by atoms with Crippen LogP contribution in [-0.2, 0) is 12.8 Å². The second kappa shape index (κ2) is 19.3. The van der Waals surface area contributed by atoms with Gasteiger partial charge in [-0.1, -0.05) is 98.5 Å². The molecule has 0 amide bonds. The van der Waals surface area contributed by atoms with Crippen LogP contribution in [0.1, 0.15) is 95.2 Å². The molecule has 2 N–H and O–H groups in total. The molecule has 0 aliphatic heterocycles. The molecule has 0 spiro atoms. The van der Waals surface area contributed by atoms with Gasteiger partial charge in [0.25, 0.3) is 0 Å². The van der Waals surface area contributed by atoms with Crippen LogP contribution in [0.4, 0.5) is 0 Å². The molecule has 0 saturated carbocycles. The predicted molar refractivity (Wildman–Crippen MR) is 189 cm³/mol. The molecule has 0 aliphatic rings. The molecule has 0 bridgehead atoms. The van der Waals surface area contributed by atoms with Crippen molar-refractivity contribution in [1.29, 1.82) is 0 Å². The number of ether oxygens (including phenoxy) is 2. The van der Waals surface area contributed by atoms with Crippen molar-refractivity contribution in [3.63, 3.8) is 0 Å². The third-order valence-electron chi connectivity index (χ3n) is 8.32. The van der Waals surface area contributed by atoms with Crippen LogP contribution in [0.5, 0.6) is 11.5 Å². The monoisotopic (exact) mass is 626 g/mol. The fraction of sp³-hybridized carbons (Fsp3) is 0.400. The Balaban J connectivity index is 1.70. The zero-order valence-electron chi connectivity index (χ0n) is 27.0. The van der Waals surface area contributed by atoms with Gasteiger partial charge in [0.05, 0.1) is 24.7 Å². The van der Waals surface area contributed by atoms with Crippen molar-refractivity contribution in [3.05, 3.63) is 130 Å². The third-order valence-corrected chi connectivity index (χ3v) is 9.95. The Kier molecular flexibility index (Phi) is 14.9. The Morgan fingerprint density at radius 2 is 0.867 bits per heavy atom. The first-order chi connectivity index (χ1) is 22.1. The van der Waals surface area contributed by atoms with Crippen LogP contribution in [0.25, 0.3) is 0 Å². The van der Waals surface area contributed by atoms with Crippen LogP contribution in [0.15, 0.2) is 97.1 Å². The summed E-state index contributed by atoms with van der Waals surface area (Å²) in [7, 11) is 3.46. The highest BCUT2D eigenvalue weighted by molar-refractivity contribution is 8.00. The summed E-state index contributed by atoms with van der Waals surface area (Å²) >= 11 is 1.96. The van der Waals surface area contributed by atoms with Gasteiger partial charge in [-0.15, -0.1) is 11.8 Å². The summed E-state index contributed by atoms with van der Waals surface area (Å²) in [4.78, 5) is 0. The van der Waals surface area contributed by atoms with Gasteiger partial charge in [0.1, 0.15) is 11.5 Å². The maximum absolute atomic E-state index is 9.15. The predicted octanol–water partition coefficient (Wildman–Crippen LogP) is 9.51. The molecule has 0 saturated heterocycles. The fourth-order valence-electron chi connectivity index (χ4n) is 5.86. The second-order valence-corrected chi connectivity index (χ2v) is 12.9. The topological polar surface area (TPSA) is 58.9 Å². The average Bonchev–Trinajstić information content (AvgIpc) is 3.09. The molecule has 0 heterocycles. The van der Waals surface area contributed by atoms with Crippen molar-refractivity contribution in [2.24, 2.45) is 0 Å². The number of methoxy groups -OCH3 is 2. The average molecular weight is 627 g/mol. The number of hydrogen-bond donors (Lipinski definition) is 2. The minimum Gasteiger partial charge on any atom is -0.497 e. The summed E-state index contributed by atoms with van der Waals surface area (Å²) in [5.74, 6) is 1.72. The molecule has 2 unspecified atom stereocenters. The summed E-state index contributed by atoms with van der Waals surface area (Å²) in [6, 6.07) is 35.1. The smallest absolute Gasteiger partial charge is 0.119 e. The first kappa shape index (κ1) is 34.6. The first-order valence-corrected chi connectivity index (χ1v) is 17.4. The molecule has 240 valence electrons. The number of aliphatic hydroxyl groups is 2. The van der Waals surface area contributed by atoms with Crippen LogP contribution in [-0.4, -0.2) is 37.6 Å². The number of unbranched alkanes of at least 4 members (excludes halogenated alkanes) is 6. The Hall–Kier alpha value is -3.25. The van der Waals surface area contributed by atoms with E-state index < -0.39 is 0 Å². The Morgan fingerprint density at radius 1 is 0.489 bits per heavy atom. The highest BCUT2D eigenvalue weighted by Crippen LogP contribution is 2.49. The highest BCUT2D eigenvalue weighted by atomic mass is 32.2. The maximum atomic E-state index is 9.15. The molecule has 4 nitrogen and oxygen atoms in total. The Morgan fingerprint density at radius 3 is 1.27 bits per heavy atom. The molecule has 0 fully saturated rings. The van der Waals surface area contributed by atoms with E-state index in [0.717, 1.165) is 75.7 Å². The van der Waals surface area contributed by atoms with Crippen LogP contribution < -0.4 is 9.47 Å². The zero-order chi connectivity index (χ0) is 31.7. The molecule has 0 aliphatic carbocycles. The quantitative estimate of drug-likeness (QED) is 0.0957. The van der Waals surface area contributed by atoms with Crippen LogP contribution >= 0.6 is 11.8 Å². The number of aliphatic hydroxyl groups excluding tert-OH is 2. The minimum atomic E-state index is 0.0766. The molecular formula is C40H50O4S. The van der Waals surface area contributed by atoms with Crippen molar-refractivity contribution in [1.82, 2.24) is 0 Å². The van der Waals surface area contributed by atoms with Crippen molar-refractivity contribution in [2.75, 3.05) is 27.4 Å². The van der Waals surface area contributed by atoms with E-state index in [4.69, 9.17) is 19.7 Å². The van der Waals surface area contributed by atoms with Gasteiger partial charge in [-0.2, -0.15) is 0 Å². The molecule has 0 aromatic heterocycles. The molecule has 45 heavy (non-hydrogen) atoms. The van der Waals surface area contributed by atoms with E-state index >= 15 is 0 Å². The SMILES string of the molecule is COc1cccc(C(SC(c2cccc(CCCCCCO)c2)c2cccc(OC)c2)c2cccc(CCCCCCO)c2)c1. The molecule has 0 radical (unpaired) electrons. The van der Waals surface area contributed by atoms with Gasteiger partial charge in [0.15, 0.2) is 0 Å². The zero-order valence-corrected chi connectivity index (χ0v) is 27.8. The summed E-state index contributed by atoms with van der Waals surface area (Å²) in [5.41, 5.74) is 7.71. The van der Waals surface area contributed by atoms with E-state index in [-0.39, 0.29) is 23.7 Å². The normalized spacial score (nSPS) is 12.5. The third kappa shape index (κ3) is 11.0.